The van der Waals surface area contributed by atoms with Crippen LogP contribution in [0.2, 0.25) is 0 Å². The summed E-state index contributed by atoms with van der Waals surface area (Å²) in [7, 11) is 0. The lowest BCUT2D eigenvalue weighted by molar-refractivity contribution is 0.873. The standard InChI is InChI=1S/C11H14N2/c1-3-5-9-11-8(2)6-4-7-10(11)13-12-9/h4,6-7H,3,5H2,1-2H3,(H,12,13). The Labute approximate surface area is 78.0 Å². The highest BCUT2D eigenvalue weighted by Gasteiger charge is 2.05. The molecule has 0 spiro atoms. The molecule has 1 aromatic carbocycles. The Kier molecular flexibility index (Phi) is 2.05. The van der Waals surface area contributed by atoms with Gasteiger partial charge >= 0.3 is 0 Å². The number of fused-ring (bicyclic) bond motifs is 1. The molecule has 1 heterocycles. The Hall–Kier alpha value is -1.31. The van der Waals surface area contributed by atoms with Gasteiger partial charge in [-0.3, -0.25) is 5.10 Å². The lowest BCUT2D eigenvalue weighted by Gasteiger charge is -1.97. The molecule has 0 unspecified atom stereocenters. The highest BCUT2D eigenvalue weighted by Crippen LogP contribution is 2.20. The van der Waals surface area contributed by atoms with E-state index in [4.69, 9.17) is 0 Å². The quantitative estimate of drug-likeness (QED) is 0.745. The summed E-state index contributed by atoms with van der Waals surface area (Å²) in [5.74, 6) is 0. The van der Waals surface area contributed by atoms with E-state index in [0.29, 0.717) is 0 Å². The third kappa shape index (κ3) is 1.32. The minimum absolute atomic E-state index is 1.08. The van der Waals surface area contributed by atoms with Gasteiger partial charge in [-0.2, -0.15) is 5.10 Å². The molecule has 0 aliphatic heterocycles. The van der Waals surface area contributed by atoms with Crippen molar-refractivity contribution in [3.05, 3.63) is 29.5 Å². The molecule has 0 bridgehead atoms. The SMILES string of the molecule is CCCc1[nH]nc2cccc(C)c12. The second-order valence-electron chi connectivity index (χ2n) is 3.42. The van der Waals surface area contributed by atoms with Crippen molar-refractivity contribution in [2.75, 3.05) is 0 Å². The molecule has 1 aromatic heterocycles. The van der Waals surface area contributed by atoms with E-state index in [9.17, 15) is 0 Å². The van der Waals surface area contributed by atoms with E-state index in [1.54, 1.807) is 0 Å². The topological polar surface area (TPSA) is 28.7 Å². The van der Waals surface area contributed by atoms with Gasteiger partial charge in [0, 0.05) is 11.1 Å². The normalized spacial score (nSPS) is 10.9. The number of hydrogen-bond acceptors (Lipinski definition) is 1. The summed E-state index contributed by atoms with van der Waals surface area (Å²) in [5.41, 5.74) is 3.67. The minimum atomic E-state index is 1.08. The van der Waals surface area contributed by atoms with Crippen molar-refractivity contribution in [3.8, 4) is 0 Å². The van der Waals surface area contributed by atoms with E-state index < -0.39 is 0 Å². The van der Waals surface area contributed by atoms with Crippen LogP contribution in [0.5, 0.6) is 0 Å². The molecule has 0 aliphatic rings. The number of benzene rings is 1. The third-order valence-corrected chi connectivity index (χ3v) is 2.36. The van der Waals surface area contributed by atoms with Gasteiger partial charge in [-0.25, -0.2) is 0 Å². The number of nitrogens with one attached hydrogen (secondary N) is 1. The van der Waals surface area contributed by atoms with Crippen molar-refractivity contribution in [1.29, 1.82) is 0 Å². The Balaban J connectivity index is 2.64. The van der Waals surface area contributed by atoms with Crippen LogP contribution in [0.1, 0.15) is 24.6 Å². The predicted molar refractivity (Wildman–Crippen MR) is 54.8 cm³/mol. The average Bonchev–Trinajstić information content (AvgIpc) is 2.51. The van der Waals surface area contributed by atoms with Crippen LogP contribution in [-0.4, -0.2) is 10.2 Å². The van der Waals surface area contributed by atoms with Gasteiger partial charge in [0.05, 0.1) is 5.52 Å². The summed E-state index contributed by atoms with van der Waals surface area (Å²) in [6.07, 6.45) is 2.24. The van der Waals surface area contributed by atoms with Crippen molar-refractivity contribution >= 4 is 10.9 Å². The fourth-order valence-electron chi connectivity index (χ4n) is 1.75. The van der Waals surface area contributed by atoms with Crippen molar-refractivity contribution in [2.24, 2.45) is 0 Å². The molecule has 0 atom stereocenters. The largest absolute Gasteiger partial charge is 0.281 e. The number of aryl methyl sites for hydroxylation is 2. The lowest BCUT2D eigenvalue weighted by atomic mass is 10.1. The van der Waals surface area contributed by atoms with Gasteiger partial charge in [-0.1, -0.05) is 25.5 Å². The smallest absolute Gasteiger partial charge is 0.0926 e. The number of nitrogens with zero attached hydrogens (tertiary/aromatic N) is 1. The Morgan fingerprint density at radius 3 is 3.00 bits per heavy atom. The average molecular weight is 174 g/mol. The first-order chi connectivity index (χ1) is 6.33. The first kappa shape index (κ1) is 8.30. The van der Waals surface area contributed by atoms with Crippen molar-refractivity contribution in [2.45, 2.75) is 26.7 Å². The molecule has 2 rings (SSSR count). The first-order valence-electron chi connectivity index (χ1n) is 4.75. The number of H-pyrrole nitrogens is 1. The summed E-state index contributed by atoms with van der Waals surface area (Å²) in [6, 6.07) is 6.24. The number of aromatic amines is 1. The van der Waals surface area contributed by atoms with Gasteiger partial charge in [-0.05, 0) is 25.0 Å². The number of aromatic nitrogens is 2. The van der Waals surface area contributed by atoms with Crippen molar-refractivity contribution in [3.63, 3.8) is 0 Å². The van der Waals surface area contributed by atoms with Crippen molar-refractivity contribution < 1.29 is 0 Å². The molecule has 68 valence electrons. The summed E-state index contributed by atoms with van der Waals surface area (Å²) in [5, 5.41) is 8.69. The van der Waals surface area contributed by atoms with Gasteiger partial charge in [0.2, 0.25) is 0 Å². The summed E-state index contributed by atoms with van der Waals surface area (Å²) < 4.78 is 0. The number of hydrogen-bond donors (Lipinski definition) is 1. The molecule has 0 radical (unpaired) electrons. The molecule has 13 heavy (non-hydrogen) atoms. The van der Waals surface area contributed by atoms with Gasteiger partial charge < -0.3 is 0 Å². The zero-order valence-corrected chi connectivity index (χ0v) is 8.09. The highest BCUT2D eigenvalue weighted by atomic mass is 15.1. The fourth-order valence-corrected chi connectivity index (χ4v) is 1.75. The Morgan fingerprint density at radius 2 is 2.23 bits per heavy atom. The molecule has 2 nitrogen and oxygen atoms in total. The van der Waals surface area contributed by atoms with E-state index in [1.807, 2.05) is 6.07 Å². The van der Waals surface area contributed by atoms with Gasteiger partial charge in [0.1, 0.15) is 0 Å². The highest BCUT2D eigenvalue weighted by molar-refractivity contribution is 5.84. The molecule has 0 fully saturated rings. The fraction of sp³-hybridized carbons (Fsp3) is 0.364. The monoisotopic (exact) mass is 174 g/mol. The lowest BCUT2D eigenvalue weighted by Crippen LogP contribution is -1.85. The van der Waals surface area contributed by atoms with Gasteiger partial charge in [0.25, 0.3) is 0 Å². The second-order valence-corrected chi connectivity index (χ2v) is 3.42. The molecule has 0 aliphatic carbocycles. The van der Waals surface area contributed by atoms with E-state index >= 15 is 0 Å². The summed E-state index contributed by atoms with van der Waals surface area (Å²) >= 11 is 0. The van der Waals surface area contributed by atoms with Crippen LogP contribution in [0.15, 0.2) is 18.2 Å². The number of rotatable bonds is 2. The van der Waals surface area contributed by atoms with Gasteiger partial charge in [0.15, 0.2) is 0 Å². The van der Waals surface area contributed by atoms with Crippen LogP contribution >= 0.6 is 0 Å². The molecule has 0 saturated carbocycles. The summed E-state index contributed by atoms with van der Waals surface area (Å²) in [6.45, 7) is 4.32. The maximum Gasteiger partial charge on any atom is 0.0926 e. The molecule has 1 N–H and O–H groups in total. The zero-order valence-electron chi connectivity index (χ0n) is 8.09. The van der Waals surface area contributed by atoms with E-state index in [1.165, 1.54) is 16.6 Å². The minimum Gasteiger partial charge on any atom is -0.281 e. The second kappa shape index (κ2) is 3.21. The Bertz CT molecular complexity index is 415. The zero-order chi connectivity index (χ0) is 9.26. The summed E-state index contributed by atoms with van der Waals surface area (Å²) in [4.78, 5) is 0. The molecule has 0 amide bonds. The molecular weight excluding hydrogens is 160 g/mol. The van der Waals surface area contributed by atoms with Crippen LogP contribution < -0.4 is 0 Å². The molecule has 2 aromatic rings. The van der Waals surface area contributed by atoms with Crippen LogP contribution in [0.25, 0.3) is 10.9 Å². The molecular formula is C11H14N2. The first-order valence-corrected chi connectivity index (χ1v) is 4.75. The molecule has 2 heteroatoms. The Morgan fingerprint density at radius 1 is 1.38 bits per heavy atom. The van der Waals surface area contributed by atoms with Crippen LogP contribution in [-0.2, 0) is 6.42 Å². The maximum atomic E-state index is 4.27. The van der Waals surface area contributed by atoms with E-state index in [0.717, 1.165) is 18.4 Å². The third-order valence-electron chi connectivity index (χ3n) is 2.36. The van der Waals surface area contributed by atoms with Crippen molar-refractivity contribution in [1.82, 2.24) is 10.2 Å². The van der Waals surface area contributed by atoms with E-state index in [2.05, 4.69) is 36.2 Å². The van der Waals surface area contributed by atoms with Crippen LogP contribution in [0, 0.1) is 6.92 Å². The van der Waals surface area contributed by atoms with Crippen LogP contribution in [0.3, 0.4) is 0 Å². The predicted octanol–water partition coefficient (Wildman–Crippen LogP) is 2.82. The molecule has 0 saturated heterocycles. The van der Waals surface area contributed by atoms with Gasteiger partial charge in [-0.15, -0.1) is 0 Å². The maximum absolute atomic E-state index is 4.27. The van der Waals surface area contributed by atoms with Crippen LogP contribution in [0.4, 0.5) is 0 Å². The van der Waals surface area contributed by atoms with E-state index in [-0.39, 0.29) is 0 Å².